The molecule has 0 bridgehead atoms. The van der Waals surface area contributed by atoms with E-state index in [1.165, 1.54) is 6.08 Å². The van der Waals surface area contributed by atoms with Crippen LogP contribution in [0.3, 0.4) is 0 Å². The number of fused-ring (bicyclic) bond motifs is 1. The van der Waals surface area contributed by atoms with Gasteiger partial charge in [-0.25, -0.2) is 14.8 Å². The summed E-state index contributed by atoms with van der Waals surface area (Å²) in [7, 11) is 0. The van der Waals surface area contributed by atoms with Gasteiger partial charge in [-0.15, -0.1) is 0 Å². The van der Waals surface area contributed by atoms with Gasteiger partial charge in [0.05, 0.1) is 5.69 Å². The summed E-state index contributed by atoms with van der Waals surface area (Å²) in [5, 5.41) is 10.6. The lowest BCUT2D eigenvalue weighted by atomic mass is 10.2. The molecule has 0 fully saturated rings. The molecule has 0 spiro atoms. The Kier molecular flexibility index (Phi) is 3.46. The van der Waals surface area contributed by atoms with Gasteiger partial charge in [-0.3, -0.25) is 0 Å². The van der Waals surface area contributed by atoms with Crippen molar-refractivity contribution in [3.05, 3.63) is 56.7 Å². The fraction of sp³-hybridized carbons (Fsp3) is 0.133. The Bertz CT molecular complexity index is 956. The molecule has 3 aromatic rings. The van der Waals surface area contributed by atoms with Gasteiger partial charge >= 0.3 is 5.63 Å². The first kappa shape index (κ1) is 14.3. The van der Waals surface area contributed by atoms with Crippen molar-refractivity contribution in [1.29, 1.82) is 0 Å². The predicted octanol–water partition coefficient (Wildman–Crippen LogP) is 3.50. The van der Waals surface area contributed by atoms with Gasteiger partial charge in [0, 0.05) is 18.0 Å². The molecule has 0 aliphatic rings. The summed E-state index contributed by atoms with van der Waals surface area (Å²) in [4.78, 5) is 20.1. The lowest BCUT2D eigenvalue weighted by molar-refractivity contribution is 0.446. The molecular weight excluding hydrogens is 308 g/mol. The second-order valence-corrected chi connectivity index (χ2v) is 5.11. The van der Waals surface area contributed by atoms with E-state index < -0.39 is 5.63 Å². The van der Waals surface area contributed by atoms with Crippen LogP contribution in [0.2, 0.25) is 5.02 Å². The molecule has 0 radical (unpaired) electrons. The fourth-order valence-corrected chi connectivity index (χ4v) is 2.21. The Hall–Kier alpha value is -2.60. The summed E-state index contributed by atoms with van der Waals surface area (Å²) in [5.41, 5.74) is 0.518. The van der Waals surface area contributed by atoms with Crippen molar-refractivity contribution in [3.8, 4) is 0 Å². The van der Waals surface area contributed by atoms with E-state index in [-0.39, 0.29) is 17.2 Å². The maximum absolute atomic E-state index is 11.9. The van der Waals surface area contributed by atoms with Gasteiger partial charge in [0.2, 0.25) is 0 Å². The van der Waals surface area contributed by atoms with Crippen LogP contribution in [0, 0.1) is 13.8 Å². The minimum atomic E-state index is -0.671. The van der Waals surface area contributed by atoms with Crippen molar-refractivity contribution < 1.29 is 13.9 Å². The molecule has 1 N–H and O–H groups in total. The Morgan fingerprint density at radius 1 is 1.27 bits per heavy atom. The van der Waals surface area contributed by atoms with Gasteiger partial charge in [0.15, 0.2) is 28.7 Å². The molecule has 0 amide bonds. The molecule has 2 aromatic heterocycles. The molecule has 22 heavy (non-hydrogen) atoms. The zero-order valence-corrected chi connectivity index (χ0v) is 12.5. The molecule has 7 heteroatoms. The summed E-state index contributed by atoms with van der Waals surface area (Å²) >= 11 is 5.89. The third-order valence-electron chi connectivity index (χ3n) is 2.98. The van der Waals surface area contributed by atoms with Crippen LogP contribution in [0.1, 0.15) is 23.0 Å². The molecule has 0 saturated heterocycles. The van der Waals surface area contributed by atoms with Crippen LogP contribution in [-0.2, 0) is 0 Å². The molecule has 0 saturated carbocycles. The zero-order valence-electron chi connectivity index (χ0n) is 11.8. The summed E-state index contributed by atoms with van der Waals surface area (Å²) in [5.74, 6) is 0.349. The number of hydrogen-bond donors (Lipinski definition) is 1. The fourth-order valence-electron chi connectivity index (χ4n) is 2.05. The van der Waals surface area contributed by atoms with Crippen LogP contribution in [0.15, 0.2) is 31.8 Å². The van der Waals surface area contributed by atoms with Crippen molar-refractivity contribution in [2.75, 3.05) is 0 Å². The Balaban J connectivity index is 2.13. The topological polar surface area (TPSA) is 89.4 Å². The van der Waals surface area contributed by atoms with Crippen LogP contribution in [0.25, 0.3) is 22.9 Å². The molecular formula is C15H11ClN2O4. The van der Waals surface area contributed by atoms with E-state index >= 15 is 0 Å². The van der Waals surface area contributed by atoms with E-state index in [1.54, 1.807) is 32.0 Å². The average Bonchev–Trinajstić information content (AvgIpc) is 2.79. The molecule has 3 rings (SSSR count). The van der Waals surface area contributed by atoms with E-state index in [2.05, 4.69) is 9.97 Å². The molecule has 2 heterocycles. The minimum absolute atomic E-state index is 0.0549. The number of nitrogens with zero attached hydrogens (tertiary/aromatic N) is 2. The van der Waals surface area contributed by atoms with Gasteiger partial charge in [-0.2, -0.15) is 0 Å². The third kappa shape index (κ3) is 2.60. The lowest BCUT2D eigenvalue weighted by Crippen LogP contribution is -2.06. The van der Waals surface area contributed by atoms with Gasteiger partial charge in [-0.1, -0.05) is 11.6 Å². The lowest BCUT2D eigenvalue weighted by Gasteiger charge is -1.99. The van der Waals surface area contributed by atoms with Crippen LogP contribution in [-0.4, -0.2) is 15.1 Å². The number of hydrogen-bond acceptors (Lipinski definition) is 6. The third-order valence-corrected chi connectivity index (χ3v) is 3.22. The van der Waals surface area contributed by atoms with Crippen molar-refractivity contribution in [2.45, 2.75) is 13.8 Å². The molecule has 0 unspecified atom stereocenters. The molecule has 0 atom stereocenters. The monoisotopic (exact) mass is 318 g/mol. The standard InChI is InChI=1S/C15H11ClN2O4/c1-7-14(21-8(2)17-7)12(19)6-11-15(20)22-13-4-3-9(16)5-10(13)18-11/h3-6,19H,1-2H3. The van der Waals surface area contributed by atoms with Gasteiger partial charge < -0.3 is 13.9 Å². The molecule has 0 aliphatic heterocycles. The number of rotatable bonds is 2. The highest BCUT2D eigenvalue weighted by atomic mass is 35.5. The molecule has 6 nitrogen and oxygen atoms in total. The molecule has 0 aliphatic carbocycles. The number of oxazole rings is 1. The van der Waals surface area contributed by atoms with Crippen LogP contribution in [0.4, 0.5) is 0 Å². The normalized spacial score (nSPS) is 12.0. The number of aryl methyl sites for hydroxylation is 2. The van der Waals surface area contributed by atoms with E-state index in [0.717, 1.165) is 0 Å². The number of aliphatic hydroxyl groups excluding tert-OH is 1. The first-order valence-electron chi connectivity index (χ1n) is 6.39. The summed E-state index contributed by atoms with van der Waals surface area (Å²) in [6, 6.07) is 4.73. The smallest absolute Gasteiger partial charge is 0.362 e. The van der Waals surface area contributed by atoms with Crippen molar-refractivity contribution in [1.82, 2.24) is 9.97 Å². The maximum Gasteiger partial charge on any atom is 0.362 e. The van der Waals surface area contributed by atoms with Crippen molar-refractivity contribution in [2.24, 2.45) is 0 Å². The Morgan fingerprint density at radius 3 is 2.73 bits per heavy atom. The highest BCUT2D eigenvalue weighted by Gasteiger charge is 2.13. The number of aliphatic hydroxyl groups is 1. The van der Waals surface area contributed by atoms with E-state index in [1.807, 2.05) is 0 Å². The highest BCUT2D eigenvalue weighted by molar-refractivity contribution is 6.31. The maximum atomic E-state index is 11.9. The second-order valence-electron chi connectivity index (χ2n) is 4.68. The van der Waals surface area contributed by atoms with Crippen LogP contribution >= 0.6 is 11.6 Å². The second kappa shape index (κ2) is 5.31. The van der Waals surface area contributed by atoms with Crippen molar-refractivity contribution in [3.63, 3.8) is 0 Å². The highest BCUT2D eigenvalue weighted by Crippen LogP contribution is 2.20. The Labute approximate surface area is 129 Å². The van der Waals surface area contributed by atoms with Crippen LogP contribution < -0.4 is 5.63 Å². The Morgan fingerprint density at radius 2 is 2.05 bits per heavy atom. The van der Waals surface area contributed by atoms with E-state index in [4.69, 9.17) is 20.4 Å². The van der Waals surface area contributed by atoms with Gasteiger partial charge in [0.1, 0.15) is 5.52 Å². The molecule has 1 aromatic carbocycles. The van der Waals surface area contributed by atoms with Gasteiger partial charge in [-0.05, 0) is 25.1 Å². The van der Waals surface area contributed by atoms with Crippen LogP contribution in [0.5, 0.6) is 0 Å². The summed E-state index contributed by atoms with van der Waals surface area (Å²) in [6.45, 7) is 3.35. The summed E-state index contributed by atoms with van der Waals surface area (Å²) in [6.07, 6.45) is 1.18. The van der Waals surface area contributed by atoms with Gasteiger partial charge in [0.25, 0.3) is 0 Å². The van der Waals surface area contributed by atoms with E-state index in [0.29, 0.717) is 27.7 Å². The number of aromatic nitrogens is 2. The average molecular weight is 319 g/mol. The zero-order chi connectivity index (χ0) is 15.9. The van der Waals surface area contributed by atoms with Crippen molar-refractivity contribution >= 4 is 34.5 Å². The first-order chi connectivity index (χ1) is 10.4. The minimum Gasteiger partial charge on any atom is -0.504 e. The largest absolute Gasteiger partial charge is 0.504 e. The SMILES string of the molecule is Cc1nc(C)c(C(O)=Cc2nc3cc(Cl)ccc3oc2=O)o1. The predicted molar refractivity (Wildman–Crippen MR) is 81.8 cm³/mol. The number of benzene rings is 1. The summed E-state index contributed by atoms with van der Waals surface area (Å²) < 4.78 is 10.4. The quantitative estimate of drug-likeness (QED) is 0.727. The van der Waals surface area contributed by atoms with E-state index in [9.17, 15) is 9.90 Å². The number of halogens is 1. The molecule has 112 valence electrons. The first-order valence-corrected chi connectivity index (χ1v) is 6.77.